The van der Waals surface area contributed by atoms with E-state index in [1.165, 1.54) is 33.6 Å². The van der Waals surface area contributed by atoms with E-state index in [4.69, 9.17) is 4.74 Å². The van der Waals surface area contributed by atoms with Crippen molar-refractivity contribution in [3.63, 3.8) is 0 Å². The maximum absolute atomic E-state index is 12.9. The van der Waals surface area contributed by atoms with Crippen molar-refractivity contribution >= 4 is 51.7 Å². The molecule has 192 valence electrons. The number of rotatable bonds is 11. The molecular weight excluding hydrogens is 525 g/mol. The van der Waals surface area contributed by atoms with Crippen LogP contribution in [0.4, 0.5) is 5.00 Å². The van der Waals surface area contributed by atoms with Crippen molar-refractivity contribution in [3.8, 4) is 11.1 Å². The summed E-state index contributed by atoms with van der Waals surface area (Å²) in [6.07, 6.45) is 0. The van der Waals surface area contributed by atoms with Crippen molar-refractivity contribution < 1.29 is 14.3 Å². The van der Waals surface area contributed by atoms with Gasteiger partial charge in [0.2, 0.25) is 5.91 Å². The largest absolute Gasteiger partial charge is 0.462 e. The minimum Gasteiger partial charge on any atom is -0.462 e. The second kappa shape index (κ2) is 12.9. The molecule has 0 aliphatic heterocycles. The molecule has 4 aromatic rings. The highest BCUT2D eigenvalue weighted by atomic mass is 32.2. The Morgan fingerprint density at radius 1 is 1.03 bits per heavy atom. The maximum Gasteiger partial charge on any atom is 0.341 e. The summed E-state index contributed by atoms with van der Waals surface area (Å²) in [5.74, 6) is 1.03. The van der Waals surface area contributed by atoms with E-state index in [-0.39, 0.29) is 18.3 Å². The number of benzene rings is 2. The molecule has 2 heterocycles. The molecule has 0 saturated carbocycles. The third-order valence-electron chi connectivity index (χ3n) is 5.44. The Kier molecular flexibility index (Phi) is 9.43. The normalized spacial score (nSPS) is 10.9. The lowest BCUT2D eigenvalue weighted by atomic mass is 10.0. The topological polar surface area (TPSA) is 86.1 Å². The smallest absolute Gasteiger partial charge is 0.341 e. The summed E-state index contributed by atoms with van der Waals surface area (Å²) in [5, 5.41) is 14.6. The second-order valence-corrected chi connectivity index (χ2v) is 10.9. The van der Waals surface area contributed by atoms with Gasteiger partial charge in [-0.1, -0.05) is 59.8 Å². The van der Waals surface area contributed by atoms with Gasteiger partial charge in [0.05, 0.1) is 18.1 Å². The molecule has 7 nitrogen and oxygen atoms in total. The Labute approximate surface area is 229 Å². The first kappa shape index (κ1) is 27.0. The zero-order valence-electron chi connectivity index (χ0n) is 20.9. The highest BCUT2D eigenvalue weighted by Gasteiger charge is 2.23. The summed E-state index contributed by atoms with van der Waals surface area (Å²) in [5.41, 5.74) is 3.24. The predicted octanol–water partition coefficient (Wildman–Crippen LogP) is 6.53. The number of carbonyl (C=O) groups excluding carboxylic acids is 2. The number of hydrogen-bond donors (Lipinski definition) is 1. The number of aryl methyl sites for hydroxylation is 1. The first-order valence-corrected chi connectivity index (χ1v) is 14.7. The van der Waals surface area contributed by atoms with E-state index >= 15 is 0 Å². The van der Waals surface area contributed by atoms with E-state index in [9.17, 15) is 9.59 Å². The van der Waals surface area contributed by atoms with Crippen LogP contribution in [0.3, 0.4) is 0 Å². The van der Waals surface area contributed by atoms with E-state index in [2.05, 4.69) is 46.7 Å². The number of thioether (sulfide) groups is 2. The number of esters is 1. The first-order valence-electron chi connectivity index (χ1n) is 11.9. The summed E-state index contributed by atoms with van der Waals surface area (Å²) >= 11 is 4.35. The molecule has 4 rings (SSSR count). The van der Waals surface area contributed by atoms with E-state index in [0.717, 1.165) is 17.0 Å². The number of amides is 1. The summed E-state index contributed by atoms with van der Waals surface area (Å²) in [6.45, 7) is 6.83. The third-order valence-corrected chi connectivity index (χ3v) is 8.31. The lowest BCUT2D eigenvalue weighted by Crippen LogP contribution is -2.17. The Morgan fingerprint density at radius 3 is 2.49 bits per heavy atom. The van der Waals surface area contributed by atoms with Crippen LogP contribution in [-0.2, 0) is 21.8 Å². The SMILES string of the molecule is CCOC(=O)c1c(-c2ccccc2)csc1NC(=O)CSc1nnc(CSc2ccc(C)cc2)n1CC. The van der Waals surface area contributed by atoms with Gasteiger partial charge in [-0.25, -0.2) is 4.79 Å². The number of ether oxygens (including phenoxy) is 1. The van der Waals surface area contributed by atoms with Crippen molar-refractivity contribution in [1.82, 2.24) is 14.8 Å². The molecule has 0 spiro atoms. The molecule has 0 radical (unpaired) electrons. The average Bonchev–Trinajstić information content (AvgIpc) is 3.51. The molecular formula is C27H28N4O3S3. The lowest BCUT2D eigenvalue weighted by molar-refractivity contribution is -0.113. The second-order valence-electron chi connectivity index (χ2n) is 8.02. The van der Waals surface area contributed by atoms with E-state index < -0.39 is 5.97 Å². The van der Waals surface area contributed by atoms with Gasteiger partial charge in [0.1, 0.15) is 16.4 Å². The Bertz CT molecular complexity index is 1350. The van der Waals surface area contributed by atoms with Gasteiger partial charge in [-0.2, -0.15) is 0 Å². The highest BCUT2D eigenvalue weighted by Crippen LogP contribution is 2.36. The molecule has 0 unspecified atom stereocenters. The van der Waals surface area contributed by atoms with Gasteiger partial charge in [0.15, 0.2) is 5.16 Å². The van der Waals surface area contributed by atoms with Gasteiger partial charge in [0.25, 0.3) is 0 Å². The monoisotopic (exact) mass is 552 g/mol. The van der Waals surface area contributed by atoms with Gasteiger partial charge in [-0.15, -0.1) is 33.3 Å². The zero-order valence-corrected chi connectivity index (χ0v) is 23.3. The van der Waals surface area contributed by atoms with Crippen LogP contribution in [0.5, 0.6) is 0 Å². The molecule has 10 heteroatoms. The molecule has 2 aromatic carbocycles. The van der Waals surface area contributed by atoms with Crippen LogP contribution in [0.1, 0.15) is 35.6 Å². The van der Waals surface area contributed by atoms with Crippen LogP contribution in [-0.4, -0.2) is 39.0 Å². The zero-order chi connectivity index (χ0) is 26.2. The number of nitrogens with one attached hydrogen (secondary N) is 1. The summed E-state index contributed by atoms with van der Waals surface area (Å²) in [4.78, 5) is 26.8. The van der Waals surface area contributed by atoms with Crippen LogP contribution in [0, 0.1) is 6.92 Å². The molecule has 0 aliphatic rings. The Hall–Kier alpha value is -3.08. The first-order chi connectivity index (χ1) is 18.0. The predicted molar refractivity (Wildman–Crippen MR) is 152 cm³/mol. The van der Waals surface area contributed by atoms with Crippen LogP contribution in [0.15, 0.2) is 70.0 Å². The Balaban J connectivity index is 1.42. The molecule has 0 bridgehead atoms. The number of aromatic nitrogens is 3. The molecule has 0 saturated heterocycles. The number of anilines is 1. The van der Waals surface area contributed by atoms with Gasteiger partial charge in [-0.05, 0) is 38.5 Å². The molecule has 1 amide bonds. The lowest BCUT2D eigenvalue weighted by Gasteiger charge is -2.09. The van der Waals surface area contributed by atoms with Crippen molar-refractivity contribution in [2.45, 2.75) is 43.1 Å². The Morgan fingerprint density at radius 2 is 1.78 bits per heavy atom. The van der Waals surface area contributed by atoms with Gasteiger partial charge >= 0.3 is 5.97 Å². The minimum absolute atomic E-state index is 0.143. The van der Waals surface area contributed by atoms with Crippen LogP contribution in [0.25, 0.3) is 11.1 Å². The molecule has 1 N–H and O–H groups in total. The van der Waals surface area contributed by atoms with Crippen molar-refractivity contribution in [3.05, 3.63) is 76.9 Å². The fourth-order valence-corrected chi connectivity index (χ4v) is 6.24. The number of hydrogen-bond acceptors (Lipinski definition) is 8. The van der Waals surface area contributed by atoms with Crippen LogP contribution < -0.4 is 5.32 Å². The molecule has 0 fully saturated rings. The van der Waals surface area contributed by atoms with Gasteiger partial charge < -0.3 is 14.6 Å². The highest BCUT2D eigenvalue weighted by molar-refractivity contribution is 7.99. The molecule has 0 aliphatic carbocycles. The fourth-order valence-electron chi connectivity index (χ4n) is 3.61. The minimum atomic E-state index is -0.452. The number of carbonyl (C=O) groups is 2. The third kappa shape index (κ3) is 6.82. The van der Waals surface area contributed by atoms with Gasteiger partial charge in [-0.3, -0.25) is 4.79 Å². The van der Waals surface area contributed by atoms with Crippen molar-refractivity contribution in [2.24, 2.45) is 0 Å². The molecule has 37 heavy (non-hydrogen) atoms. The van der Waals surface area contributed by atoms with Crippen molar-refractivity contribution in [2.75, 3.05) is 17.7 Å². The summed E-state index contributed by atoms with van der Waals surface area (Å²) in [7, 11) is 0. The summed E-state index contributed by atoms with van der Waals surface area (Å²) in [6, 6.07) is 18.0. The maximum atomic E-state index is 12.9. The van der Waals surface area contributed by atoms with Crippen LogP contribution in [0.2, 0.25) is 0 Å². The number of thiophene rings is 1. The van der Waals surface area contributed by atoms with E-state index in [1.807, 2.05) is 47.2 Å². The van der Waals surface area contributed by atoms with E-state index in [0.29, 0.717) is 28.0 Å². The fraction of sp³-hybridized carbons (Fsp3) is 0.259. The quantitative estimate of drug-likeness (QED) is 0.167. The molecule has 2 aromatic heterocycles. The van der Waals surface area contributed by atoms with Crippen LogP contribution >= 0.6 is 34.9 Å². The van der Waals surface area contributed by atoms with Crippen molar-refractivity contribution in [1.29, 1.82) is 0 Å². The average molecular weight is 553 g/mol. The summed E-state index contributed by atoms with van der Waals surface area (Å²) < 4.78 is 7.31. The van der Waals surface area contributed by atoms with Gasteiger partial charge in [0, 0.05) is 22.4 Å². The molecule has 0 atom stereocenters. The van der Waals surface area contributed by atoms with E-state index in [1.54, 1.807) is 18.7 Å². The standard InChI is InChI=1S/C27H28N4O3S3/c1-4-31-22(16-35-20-13-11-18(3)12-14-20)29-30-27(31)37-17-23(32)28-25-24(26(33)34-5-2)21(15-36-25)19-9-7-6-8-10-19/h6-15H,4-5,16-17H2,1-3H3,(H,28,32). The number of nitrogens with zero attached hydrogens (tertiary/aromatic N) is 3.